The van der Waals surface area contributed by atoms with Gasteiger partial charge in [0.2, 0.25) is 0 Å². The molecule has 192 valence electrons. The molecule has 1 atom stereocenters. The van der Waals surface area contributed by atoms with Crippen molar-refractivity contribution in [3.8, 4) is 0 Å². The van der Waals surface area contributed by atoms with Crippen molar-refractivity contribution in [3.63, 3.8) is 0 Å². The third-order valence-corrected chi connectivity index (χ3v) is 4.16. The lowest BCUT2D eigenvalue weighted by Gasteiger charge is -2.10. The zero-order chi connectivity index (χ0) is 23.5. The molecule has 0 bridgehead atoms. The summed E-state index contributed by atoms with van der Waals surface area (Å²) < 4.78 is 43.0. The third-order valence-electron chi connectivity index (χ3n) is 4.16. The van der Waals surface area contributed by atoms with Crippen LogP contribution >= 0.6 is 0 Å². The predicted octanol–water partition coefficient (Wildman–Crippen LogP) is 1.64. The number of rotatable bonds is 27. The van der Waals surface area contributed by atoms with E-state index in [1.54, 1.807) is 0 Å². The van der Waals surface area contributed by atoms with Crippen molar-refractivity contribution in [2.45, 2.75) is 26.7 Å². The predicted molar refractivity (Wildman–Crippen MR) is 118 cm³/mol. The number of carbonyl (C=O) groups is 1. The van der Waals surface area contributed by atoms with Gasteiger partial charge in [0, 0.05) is 6.61 Å². The Hall–Kier alpha value is -0.850. The molecule has 0 radical (unpaired) electrons. The summed E-state index contributed by atoms with van der Waals surface area (Å²) in [5, 5.41) is 8.45. The number of carboxylic acids is 1. The number of hydrogen-bond acceptors (Lipinski definition) is 9. The first-order valence-corrected chi connectivity index (χ1v) is 11.5. The van der Waals surface area contributed by atoms with E-state index in [1.807, 2.05) is 0 Å². The van der Waals surface area contributed by atoms with Gasteiger partial charge in [-0.15, -0.1) is 0 Å². The molecule has 1 unspecified atom stereocenters. The first-order chi connectivity index (χ1) is 15.7. The first-order valence-electron chi connectivity index (χ1n) is 11.5. The fraction of sp³-hybridized carbons (Fsp3) is 0.955. The van der Waals surface area contributed by atoms with Gasteiger partial charge in [0.25, 0.3) is 0 Å². The molecule has 0 rings (SSSR count). The second kappa shape index (κ2) is 26.4. The highest BCUT2D eigenvalue weighted by molar-refractivity contribution is 5.66. The summed E-state index contributed by atoms with van der Waals surface area (Å²) in [5.41, 5.74) is 0. The maximum atomic E-state index is 10.3. The monoisotopic (exact) mass is 468 g/mol. The summed E-state index contributed by atoms with van der Waals surface area (Å²) in [5.74, 6) is -0.271. The molecule has 0 aromatic carbocycles. The summed E-state index contributed by atoms with van der Waals surface area (Å²) in [4.78, 5) is 10.3. The lowest BCUT2D eigenvalue weighted by Crippen LogP contribution is -2.15. The molecule has 1 N–H and O–H groups in total. The van der Waals surface area contributed by atoms with Crippen molar-refractivity contribution in [3.05, 3.63) is 0 Å². The van der Waals surface area contributed by atoms with Gasteiger partial charge in [0.15, 0.2) is 0 Å². The summed E-state index contributed by atoms with van der Waals surface area (Å²) in [7, 11) is 0. The average molecular weight is 469 g/mol. The molecule has 0 aliphatic rings. The summed E-state index contributed by atoms with van der Waals surface area (Å²) in [6.07, 6.45) is 1.14. The molecule has 0 fully saturated rings. The minimum Gasteiger partial charge on any atom is -0.481 e. The molecule has 0 aromatic rings. The Morgan fingerprint density at radius 2 is 0.844 bits per heavy atom. The maximum Gasteiger partial charge on any atom is 0.305 e. The van der Waals surface area contributed by atoms with E-state index >= 15 is 0 Å². The quantitative estimate of drug-likeness (QED) is 0.179. The molecular formula is C22H44O10. The van der Waals surface area contributed by atoms with Crippen LogP contribution < -0.4 is 0 Å². The molecule has 0 saturated heterocycles. The second-order valence-corrected chi connectivity index (χ2v) is 7.02. The number of ether oxygens (including phenoxy) is 8. The molecule has 0 amide bonds. The van der Waals surface area contributed by atoms with E-state index in [0.29, 0.717) is 98.4 Å². The standard InChI is InChI=1S/C22H44O10/c1-3-21(2)20-32-19-18-31-17-16-30-15-14-29-13-12-28-11-10-27-9-8-26-7-6-25-5-4-22(23)24/h21H,3-20H2,1-2H3,(H,23,24). The van der Waals surface area contributed by atoms with Crippen LogP contribution in [0.15, 0.2) is 0 Å². The Bertz CT molecular complexity index is 384. The Kier molecular flexibility index (Phi) is 25.7. The van der Waals surface area contributed by atoms with Gasteiger partial charge in [-0.05, 0) is 5.92 Å². The molecular weight excluding hydrogens is 424 g/mol. The van der Waals surface area contributed by atoms with Crippen molar-refractivity contribution in [1.29, 1.82) is 0 Å². The second-order valence-electron chi connectivity index (χ2n) is 7.02. The smallest absolute Gasteiger partial charge is 0.305 e. The SMILES string of the molecule is CCC(C)COCCOCCOCCOCCOCCOCCOCCOCCC(=O)O. The Balaban J connectivity index is 3.03. The molecule has 10 heteroatoms. The minimum absolute atomic E-state index is 0.00672. The van der Waals surface area contributed by atoms with Gasteiger partial charge in [-0.1, -0.05) is 20.3 Å². The number of carboxylic acid groups (broad SMARTS) is 1. The molecule has 32 heavy (non-hydrogen) atoms. The number of hydrogen-bond donors (Lipinski definition) is 1. The molecule has 0 aromatic heterocycles. The average Bonchev–Trinajstić information content (AvgIpc) is 2.78. The zero-order valence-electron chi connectivity index (χ0n) is 19.9. The van der Waals surface area contributed by atoms with Crippen molar-refractivity contribution >= 4 is 5.97 Å². The highest BCUT2D eigenvalue weighted by Crippen LogP contribution is 1.99. The van der Waals surface area contributed by atoms with E-state index < -0.39 is 5.97 Å². The van der Waals surface area contributed by atoms with Crippen LogP contribution in [-0.4, -0.2) is 117 Å². The maximum absolute atomic E-state index is 10.3. The number of aliphatic carboxylic acids is 1. The molecule has 0 spiro atoms. The van der Waals surface area contributed by atoms with Crippen LogP contribution in [0.1, 0.15) is 26.7 Å². The third kappa shape index (κ3) is 27.2. The molecule has 10 nitrogen and oxygen atoms in total. The van der Waals surface area contributed by atoms with Crippen LogP contribution in [-0.2, 0) is 42.7 Å². The normalized spacial score (nSPS) is 12.3. The first kappa shape index (κ1) is 31.1. The van der Waals surface area contributed by atoms with E-state index in [2.05, 4.69) is 13.8 Å². The highest BCUT2D eigenvalue weighted by Gasteiger charge is 1.99. The topological polar surface area (TPSA) is 111 Å². The summed E-state index contributed by atoms with van der Waals surface area (Å²) in [6, 6.07) is 0. The molecule has 0 saturated carbocycles. The fourth-order valence-corrected chi connectivity index (χ4v) is 2.10. The summed E-state index contributed by atoms with van der Waals surface area (Å²) in [6.45, 7) is 12.4. The molecule has 0 heterocycles. The van der Waals surface area contributed by atoms with Crippen LogP contribution in [0.3, 0.4) is 0 Å². The Morgan fingerprint density at radius 3 is 1.12 bits per heavy atom. The summed E-state index contributed by atoms with van der Waals surface area (Å²) >= 11 is 0. The van der Waals surface area contributed by atoms with E-state index in [0.717, 1.165) is 13.0 Å². The van der Waals surface area contributed by atoms with Crippen molar-refractivity contribution in [2.75, 3.05) is 106 Å². The van der Waals surface area contributed by atoms with Gasteiger partial charge in [0.05, 0.1) is 106 Å². The van der Waals surface area contributed by atoms with E-state index in [9.17, 15) is 4.79 Å². The molecule has 0 aliphatic carbocycles. The van der Waals surface area contributed by atoms with E-state index in [1.165, 1.54) is 0 Å². The lowest BCUT2D eigenvalue weighted by molar-refractivity contribution is -0.138. The van der Waals surface area contributed by atoms with Gasteiger partial charge in [-0.2, -0.15) is 0 Å². The zero-order valence-corrected chi connectivity index (χ0v) is 19.9. The molecule has 0 aliphatic heterocycles. The fourth-order valence-electron chi connectivity index (χ4n) is 2.10. The van der Waals surface area contributed by atoms with Gasteiger partial charge in [-0.25, -0.2) is 0 Å². The van der Waals surface area contributed by atoms with Gasteiger partial charge < -0.3 is 43.0 Å². The van der Waals surface area contributed by atoms with Crippen molar-refractivity contribution < 1.29 is 47.8 Å². The Morgan fingerprint density at radius 1 is 0.562 bits per heavy atom. The van der Waals surface area contributed by atoms with Crippen LogP contribution in [0.2, 0.25) is 0 Å². The van der Waals surface area contributed by atoms with Crippen LogP contribution in [0.5, 0.6) is 0 Å². The minimum atomic E-state index is -0.867. The Labute approximate surface area is 192 Å². The van der Waals surface area contributed by atoms with Gasteiger partial charge in [-0.3, -0.25) is 4.79 Å². The van der Waals surface area contributed by atoms with Gasteiger partial charge in [0.1, 0.15) is 0 Å². The van der Waals surface area contributed by atoms with Crippen LogP contribution in [0.25, 0.3) is 0 Å². The van der Waals surface area contributed by atoms with Crippen LogP contribution in [0, 0.1) is 5.92 Å². The largest absolute Gasteiger partial charge is 0.481 e. The van der Waals surface area contributed by atoms with Crippen LogP contribution in [0.4, 0.5) is 0 Å². The van der Waals surface area contributed by atoms with Crippen molar-refractivity contribution in [1.82, 2.24) is 0 Å². The van der Waals surface area contributed by atoms with E-state index in [4.69, 9.17) is 43.0 Å². The van der Waals surface area contributed by atoms with Crippen molar-refractivity contribution in [2.24, 2.45) is 5.92 Å². The highest BCUT2D eigenvalue weighted by atomic mass is 16.6. The van der Waals surface area contributed by atoms with Gasteiger partial charge >= 0.3 is 5.97 Å². The lowest BCUT2D eigenvalue weighted by atomic mass is 10.1. The van der Waals surface area contributed by atoms with E-state index in [-0.39, 0.29) is 13.0 Å².